The highest BCUT2D eigenvalue weighted by molar-refractivity contribution is 5.83. The molecule has 0 bridgehead atoms. The largest absolute Gasteiger partial charge is 0.352 e. The fourth-order valence-corrected chi connectivity index (χ4v) is 3.51. The lowest BCUT2D eigenvalue weighted by molar-refractivity contribution is 0.636. The zero-order chi connectivity index (χ0) is 17.7. The zero-order valence-corrected chi connectivity index (χ0v) is 14.7. The van der Waals surface area contributed by atoms with Crippen molar-refractivity contribution in [2.24, 2.45) is 7.05 Å². The van der Waals surface area contributed by atoms with Crippen LogP contribution >= 0.6 is 0 Å². The second-order valence-electron chi connectivity index (χ2n) is 6.58. The molecule has 5 rings (SSSR count). The van der Waals surface area contributed by atoms with Crippen LogP contribution in [0.25, 0.3) is 16.8 Å². The summed E-state index contributed by atoms with van der Waals surface area (Å²) in [4.78, 5) is 22.1. The summed E-state index contributed by atoms with van der Waals surface area (Å²) in [6.45, 7) is 5.50. The molecule has 0 saturated carbocycles. The normalized spacial score (nSPS) is 15.3. The number of anilines is 2. The number of hydrogen-bond acceptors (Lipinski definition) is 7. The molecule has 9 nitrogen and oxygen atoms in total. The summed E-state index contributed by atoms with van der Waals surface area (Å²) in [5.74, 6) is 1.92. The van der Waals surface area contributed by atoms with Crippen LogP contribution in [0.2, 0.25) is 0 Å². The molecule has 0 atom stereocenters. The molecule has 0 amide bonds. The second-order valence-corrected chi connectivity index (χ2v) is 6.58. The summed E-state index contributed by atoms with van der Waals surface area (Å²) in [5.41, 5.74) is 3.57. The van der Waals surface area contributed by atoms with Gasteiger partial charge in [0.2, 0.25) is 0 Å². The van der Waals surface area contributed by atoms with Crippen LogP contribution in [0.4, 0.5) is 11.6 Å². The molecule has 4 aromatic heterocycles. The Morgan fingerprint density at radius 1 is 0.962 bits per heavy atom. The Morgan fingerprint density at radius 2 is 1.77 bits per heavy atom. The monoisotopic (exact) mass is 349 g/mol. The van der Waals surface area contributed by atoms with Crippen molar-refractivity contribution < 1.29 is 0 Å². The van der Waals surface area contributed by atoms with E-state index in [-0.39, 0.29) is 0 Å². The molecule has 1 aliphatic rings. The highest BCUT2D eigenvalue weighted by Crippen LogP contribution is 2.24. The van der Waals surface area contributed by atoms with E-state index >= 15 is 0 Å². The van der Waals surface area contributed by atoms with Gasteiger partial charge in [-0.25, -0.2) is 24.5 Å². The van der Waals surface area contributed by atoms with E-state index in [9.17, 15) is 0 Å². The van der Waals surface area contributed by atoms with Gasteiger partial charge < -0.3 is 14.4 Å². The van der Waals surface area contributed by atoms with Gasteiger partial charge in [0.1, 0.15) is 17.7 Å². The SMILES string of the molecule is Cc1cn2nc(N3CCN(c4ncnc5ncn(C)c45)CC3)ccc2n1. The number of piperazine rings is 1. The van der Waals surface area contributed by atoms with Gasteiger partial charge in [-0.15, -0.1) is 5.10 Å². The summed E-state index contributed by atoms with van der Waals surface area (Å²) in [5, 5.41) is 4.70. The fourth-order valence-electron chi connectivity index (χ4n) is 3.51. The van der Waals surface area contributed by atoms with Gasteiger partial charge in [0.25, 0.3) is 0 Å². The molecule has 4 aromatic rings. The molecular weight excluding hydrogens is 330 g/mol. The van der Waals surface area contributed by atoms with Crippen molar-refractivity contribution in [3.8, 4) is 0 Å². The highest BCUT2D eigenvalue weighted by atomic mass is 15.4. The van der Waals surface area contributed by atoms with Gasteiger partial charge in [-0.2, -0.15) is 0 Å². The van der Waals surface area contributed by atoms with Crippen LogP contribution in [0.3, 0.4) is 0 Å². The van der Waals surface area contributed by atoms with E-state index < -0.39 is 0 Å². The van der Waals surface area contributed by atoms with Gasteiger partial charge in [0, 0.05) is 33.2 Å². The van der Waals surface area contributed by atoms with E-state index in [1.807, 2.05) is 41.4 Å². The minimum atomic E-state index is 0.738. The summed E-state index contributed by atoms with van der Waals surface area (Å²) in [6, 6.07) is 4.06. The van der Waals surface area contributed by atoms with Crippen LogP contribution in [-0.4, -0.2) is 60.3 Å². The molecule has 0 spiro atoms. The maximum absolute atomic E-state index is 4.70. The van der Waals surface area contributed by atoms with Crippen LogP contribution in [0, 0.1) is 6.92 Å². The number of imidazole rings is 2. The van der Waals surface area contributed by atoms with E-state index in [0.29, 0.717) is 0 Å². The number of aryl methyl sites for hydroxylation is 2. The molecule has 0 unspecified atom stereocenters. The predicted molar refractivity (Wildman–Crippen MR) is 98.5 cm³/mol. The summed E-state index contributed by atoms with van der Waals surface area (Å²) in [6.07, 6.45) is 5.33. The van der Waals surface area contributed by atoms with Gasteiger partial charge in [0.15, 0.2) is 17.1 Å². The molecule has 0 N–H and O–H groups in total. The number of aromatic nitrogens is 7. The van der Waals surface area contributed by atoms with Gasteiger partial charge >= 0.3 is 0 Å². The first-order valence-electron chi connectivity index (χ1n) is 8.64. The number of hydrogen-bond donors (Lipinski definition) is 0. The van der Waals surface area contributed by atoms with Crippen LogP contribution in [-0.2, 0) is 7.05 Å². The van der Waals surface area contributed by atoms with Crippen molar-refractivity contribution >= 4 is 28.4 Å². The molecule has 9 heteroatoms. The highest BCUT2D eigenvalue weighted by Gasteiger charge is 2.22. The summed E-state index contributed by atoms with van der Waals surface area (Å²) >= 11 is 0. The molecule has 132 valence electrons. The fraction of sp³-hybridized carbons (Fsp3) is 0.353. The maximum atomic E-state index is 4.70. The van der Waals surface area contributed by atoms with Gasteiger partial charge in [-0.1, -0.05) is 0 Å². The standard InChI is InChI=1S/C17H19N9/c1-12-9-26-13(21-12)3-4-14(22-26)24-5-7-25(8-6-24)17-15-16(18-10-19-17)20-11-23(15)2/h3-4,9-11H,5-8H2,1-2H3. The molecule has 1 aliphatic heterocycles. The Hall–Kier alpha value is -3.23. The summed E-state index contributed by atoms with van der Waals surface area (Å²) < 4.78 is 3.83. The lowest BCUT2D eigenvalue weighted by Crippen LogP contribution is -2.47. The molecule has 1 saturated heterocycles. The minimum absolute atomic E-state index is 0.738. The molecular formula is C17H19N9. The minimum Gasteiger partial charge on any atom is -0.352 e. The van der Waals surface area contributed by atoms with Crippen molar-refractivity contribution in [3.05, 3.63) is 36.7 Å². The van der Waals surface area contributed by atoms with Crippen LogP contribution in [0.1, 0.15) is 5.69 Å². The average molecular weight is 349 g/mol. The van der Waals surface area contributed by atoms with E-state index in [0.717, 1.165) is 60.3 Å². The van der Waals surface area contributed by atoms with Crippen molar-refractivity contribution in [2.75, 3.05) is 36.0 Å². The third-order valence-corrected chi connectivity index (χ3v) is 4.82. The van der Waals surface area contributed by atoms with E-state index in [1.54, 1.807) is 12.7 Å². The Labute approximate surface area is 149 Å². The predicted octanol–water partition coefficient (Wildman–Crippen LogP) is 1.04. The molecule has 1 fully saturated rings. The Balaban J connectivity index is 1.39. The van der Waals surface area contributed by atoms with Crippen molar-refractivity contribution in [1.82, 2.24) is 34.1 Å². The lowest BCUT2D eigenvalue weighted by atomic mass is 10.3. The van der Waals surface area contributed by atoms with E-state index in [2.05, 4.69) is 29.7 Å². The first-order valence-corrected chi connectivity index (χ1v) is 8.64. The van der Waals surface area contributed by atoms with Crippen molar-refractivity contribution in [2.45, 2.75) is 6.92 Å². The Morgan fingerprint density at radius 3 is 2.62 bits per heavy atom. The maximum Gasteiger partial charge on any atom is 0.182 e. The first kappa shape index (κ1) is 15.1. The van der Waals surface area contributed by atoms with Crippen molar-refractivity contribution in [1.29, 1.82) is 0 Å². The van der Waals surface area contributed by atoms with Crippen LogP contribution < -0.4 is 9.80 Å². The number of rotatable bonds is 2. The molecule has 5 heterocycles. The lowest BCUT2D eigenvalue weighted by Gasteiger charge is -2.36. The number of nitrogens with zero attached hydrogens (tertiary/aromatic N) is 9. The third kappa shape index (κ3) is 2.35. The van der Waals surface area contributed by atoms with Gasteiger partial charge in [-0.05, 0) is 19.1 Å². The summed E-state index contributed by atoms with van der Waals surface area (Å²) in [7, 11) is 1.98. The first-order chi connectivity index (χ1) is 12.7. The second kappa shape index (κ2) is 5.65. The quantitative estimate of drug-likeness (QED) is 0.535. The Kier molecular flexibility index (Phi) is 3.27. The Bertz CT molecular complexity index is 1090. The van der Waals surface area contributed by atoms with Crippen LogP contribution in [0.15, 0.2) is 31.0 Å². The topological polar surface area (TPSA) is 80.3 Å². The van der Waals surface area contributed by atoms with Gasteiger partial charge in [-0.3, -0.25) is 0 Å². The molecule has 26 heavy (non-hydrogen) atoms. The van der Waals surface area contributed by atoms with Crippen LogP contribution in [0.5, 0.6) is 0 Å². The molecule has 0 aromatic carbocycles. The third-order valence-electron chi connectivity index (χ3n) is 4.82. The van der Waals surface area contributed by atoms with E-state index in [1.165, 1.54) is 0 Å². The molecule has 0 aliphatic carbocycles. The molecule has 0 radical (unpaired) electrons. The smallest absolute Gasteiger partial charge is 0.182 e. The van der Waals surface area contributed by atoms with Gasteiger partial charge in [0.05, 0.1) is 18.2 Å². The average Bonchev–Trinajstić information content (AvgIpc) is 3.23. The van der Waals surface area contributed by atoms with E-state index in [4.69, 9.17) is 5.10 Å². The zero-order valence-electron chi connectivity index (χ0n) is 14.7. The van der Waals surface area contributed by atoms with Crippen molar-refractivity contribution in [3.63, 3.8) is 0 Å². The number of fused-ring (bicyclic) bond motifs is 2.